The minimum atomic E-state index is -0.406. The molecule has 2 rings (SSSR count). The van der Waals surface area contributed by atoms with E-state index in [1.54, 1.807) is 4.52 Å². The molecule has 14 heavy (non-hydrogen) atoms. The van der Waals surface area contributed by atoms with E-state index in [9.17, 15) is 0 Å². The Morgan fingerprint density at radius 2 is 2.14 bits per heavy atom. The predicted octanol–water partition coefficient (Wildman–Crippen LogP) is 0.942. The highest BCUT2D eigenvalue weighted by molar-refractivity contribution is 7.16. The molecule has 0 atom stereocenters. The summed E-state index contributed by atoms with van der Waals surface area (Å²) < 4.78 is 1.77. The Morgan fingerprint density at radius 1 is 1.43 bits per heavy atom. The van der Waals surface area contributed by atoms with Crippen molar-refractivity contribution in [2.75, 3.05) is 0 Å². The van der Waals surface area contributed by atoms with Crippen LogP contribution < -0.4 is 5.73 Å². The van der Waals surface area contributed by atoms with Crippen LogP contribution in [0.15, 0.2) is 0 Å². The smallest absolute Gasteiger partial charge is 0.234 e. The Morgan fingerprint density at radius 3 is 2.71 bits per heavy atom. The molecule has 76 valence electrons. The summed E-state index contributed by atoms with van der Waals surface area (Å²) in [5.74, 6) is 0.881. The summed E-state index contributed by atoms with van der Waals surface area (Å²) >= 11 is 1.49. The number of aryl methyl sites for hydroxylation is 1. The maximum Gasteiger partial charge on any atom is 0.234 e. The fourth-order valence-corrected chi connectivity index (χ4v) is 2.01. The van der Waals surface area contributed by atoms with Crippen LogP contribution in [0.2, 0.25) is 0 Å². The molecule has 2 heterocycles. The molecule has 0 bridgehead atoms. The molecule has 6 heteroatoms. The van der Waals surface area contributed by atoms with Crippen molar-refractivity contribution >= 4 is 16.3 Å². The van der Waals surface area contributed by atoms with Crippen molar-refractivity contribution in [3.63, 3.8) is 0 Å². The molecule has 5 nitrogen and oxygen atoms in total. The van der Waals surface area contributed by atoms with Gasteiger partial charge in [0.05, 0.1) is 5.54 Å². The van der Waals surface area contributed by atoms with Crippen molar-refractivity contribution in [2.45, 2.75) is 32.7 Å². The van der Waals surface area contributed by atoms with Gasteiger partial charge in [0.2, 0.25) is 4.96 Å². The van der Waals surface area contributed by atoms with Gasteiger partial charge in [-0.25, -0.2) is 0 Å². The van der Waals surface area contributed by atoms with E-state index in [1.165, 1.54) is 11.3 Å². The summed E-state index contributed by atoms with van der Waals surface area (Å²) in [6.07, 6.45) is 0.829. The summed E-state index contributed by atoms with van der Waals surface area (Å²) in [6, 6.07) is 0. The maximum atomic E-state index is 5.96. The molecule has 0 aliphatic rings. The molecular weight excluding hydrogens is 198 g/mol. The number of hydrogen-bond donors (Lipinski definition) is 1. The van der Waals surface area contributed by atoms with Gasteiger partial charge in [-0.2, -0.15) is 9.61 Å². The first kappa shape index (κ1) is 9.54. The van der Waals surface area contributed by atoms with Gasteiger partial charge in [-0.1, -0.05) is 18.3 Å². The Bertz CT molecular complexity index is 450. The monoisotopic (exact) mass is 211 g/mol. The minimum absolute atomic E-state index is 0.406. The van der Waals surface area contributed by atoms with Crippen LogP contribution in [-0.2, 0) is 12.0 Å². The fraction of sp³-hybridized carbons (Fsp3) is 0.625. The molecule has 2 aromatic heterocycles. The van der Waals surface area contributed by atoms with E-state index in [1.807, 2.05) is 20.8 Å². The molecule has 0 aromatic carbocycles. The molecule has 0 amide bonds. The summed E-state index contributed by atoms with van der Waals surface area (Å²) in [7, 11) is 0. The summed E-state index contributed by atoms with van der Waals surface area (Å²) in [5.41, 5.74) is 5.55. The number of nitrogens with zero attached hydrogens (tertiary/aromatic N) is 4. The minimum Gasteiger partial charge on any atom is -0.320 e. The maximum absolute atomic E-state index is 5.96. The lowest BCUT2D eigenvalue weighted by atomic mass is 10.1. The third-order valence-corrected chi connectivity index (χ3v) is 3.16. The van der Waals surface area contributed by atoms with E-state index in [0.29, 0.717) is 0 Å². The molecule has 0 unspecified atom stereocenters. The zero-order chi connectivity index (χ0) is 10.3. The van der Waals surface area contributed by atoms with Gasteiger partial charge in [0.1, 0.15) is 5.01 Å². The van der Waals surface area contributed by atoms with Crippen LogP contribution in [0.25, 0.3) is 4.96 Å². The normalized spacial score (nSPS) is 12.6. The summed E-state index contributed by atoms with van der Waals surface area (Å²) in [5, 5.41) is 13.3. The highest BCUT2D eigenvalue weighted by Gasteiger charge is 2.21. The Hall–Kier alpha value is -1.01. The average Bonchev–Trinajstić information content (AvgIpc) is 2.58. The topological polar surface area (TPSA) is 69.1 Å². The predicted molar refractivity (Wildman–Crippen MR) is 55.3 cm³/mol. The van der Waals surface area contributed by atoms with Gasteiger partial charge in [-0.3, -0.25) is 0 Å². The fourth-order valence-electron chi connectivity index (χ4n) is 1.14. The SMILES string of the molecule is CCc1nnc2sc(C(C)(C)N)nn12. The third kappa shape index (κ3) is 1.40. The van der Waals surface area contributed by atoms with Crippen LogP contribution in [0.3, 0.4) is 0 Å². The number of aromatic nitrogens is 4. The van der Waals surface area contributed by atoms with Crippen molar-refractivity contribution in [3.05, 3.63) is 10.8 Å². The van der Waals surface area contributed by atoms with E-state index in [4.69, 9.17) is 5.73 Å². The van der Waals surface area contributed by atoms with E-state index in [-0.39, 0.29) is 0 Å². The quantitative estimate of drug-likeness (QED) is 0.802. The lowest BCUT2D eigenvalue weighted by Crippen LogP contribution is -2.28. The molecule has 0 aliphatic carbocycles. The van der Waals surface area contributed by atoms with Crippen molar-refractivity contribution in [1.29, 1.82) is 0 Å². The Labute approximate surface area is 86.0 Å². The van der Waals surface area contributed by atoms with Gasteiger partial charge in [0.15, 0.2) is 5.82 Å². The summed E-state index contributed by atoms with van der Waals surface area (Å²) in [4.78, 5) is 0.815. The highest BCUT2D eigenvalue weighted by Crippen LogP contribution is 2.22. The van der Waals surface area contributed by atoms with Crippen LogP contribution >= 0.6 is 11.3 Å². The van der Waals surface area contributed by atoms with Crippen molar-refractivity contribution in [3.8, 4) is 0 Å². The van der Waals surface area contributed by atoms with E-state index in [0.717, 1.165) is 22.2 Å². The lowest BCUT2D eigenvalue weighted by Gasteiger charge is -2.12. The second-order valence-corrected chi connectivity index (χ2v) is 4.75. The van der Waals surface area contributed by atoms with Crippen molar-refractivity contribution < 1.29 is 0 Å². The second kappa shape index (κ2) is 2.99. The number of fused-ring (bicyclic) bond motifs is 1. The average molecular weight is 211 g/mol. The van der Waals surface area contributed by atoms with Gasteiger partial charge in [-0.05, 0) is 13.8 Å². The summed E-state index contributed by atoms with van der Waals surface area (Å²) in [6.45, 7) is 5.90. The molecule has 2 aromatic rings. The number of rotatable bonds is 2. The van der Waals surface area contributed by atoms with Crippen LogP contribution in [0.5, 0.6) is 0 Å². The molecule has 0 saturated heterocycles. The van der Waals surface area contributed by atoms with Crippen molar-refractivity contribution in [2.24, 2.45) is 5.73 Å². The van der Waals surface area contributed by atoms with Gasteiger partial charge in [-0.15, -0.1) is 10.2 Å². The van der Waals surface area contributed by atoms with E-state index < -0.39 is 5.54 Å². The Balaban J connectivity index is 2.58. The molecule has 0 radical (unpaired) electrons. The van der Waals surface area contributed by atoms with Crippen LogP contribution in [0, 0.1) is 0 Å². The second-order valence-electron chi connectivity index (χ2n) is 3.79. The third-order valence-electron chi connectivity index (χ3n) is 1.92. The van der Waals surface area contributed by atoms with Crippen LogP contribution in [-0.4, -0.2) is 19.8 Å². The highest BCUT2D eigenvalue weighted by atomic mass is 32.1. The lowest BCUT2D eigenvalue weighted by molar-refractivity contribution is 0.539. The first-order chi connectivity index (χ1) is 6.52. The van der Waals surface area contributed by atoms with Crippen molar-refractivity contribution in [1.82, 2.24) is 19.8 Å². The zero-order valence-corrected chi connectivity index (χ0v) is 9.30. The molecule has 2 N–H and O–H groups in total. The van der Waals surface area contributed by atoms with Gasteiger partial charge >= 0.3 is 0 Å². The first-order valence-corrected chi connectivity index (χ1v) is 5.34. The molecule has 0 saturated carbocycles. The number of hydrogen-bond acceptors (Lipinski definition) is 5. The van der Waals surface area contributed by atoms with E-state index in [2.05, 4.69) is 15.3 Å². The largest absolute Gasteiger partial charge is 0.320 e. The molecule has 0 spiro atoms. The zero-order valence-electron chi connectivity index (χ0n) is 8.48. The molecular formula is C8H13N5S. The van der Waals surface area contributed by atoms with Crippen LogP contribution in [0.4, 0.5) is 0 Å². The van der Waals surface area contributed by atoms with Gasteiger partial charge in [0.25, 0.3) is 0 Å². The number of nitrogens with two attached hydrogens (primary N) is 1. The molecule has 0 aliphatic heterocycles. The van der Waals surface area contributed by atoms with Crippen LogP contribution in [0.1, 0.15) is 31.6 Å². The first-order valence-electron chi connectivity index (χ1n) is 4.53. The Kier molecular flexibility index (Phi) is 2.04. The standard InChI is InChI=1S/C8H13N5S/c1-4-5-10-11-7-13(5)12-6(14-7)8(2,3)9/h4,9H2,1-3H3. The molecule has 0 fully saturated rings. The van der Waals surface area contributed by atoms with Gasteiger partial charge < -0.3 is 5.73 Å². The van der Waals surface area contributed by atoms with Gasteiger partial charge in [0, 0.05) is 6.42 Å². The van der Waals surface area contributed by atoms with E-state index >= 15 is 0 Å².